The molecule has 0 unspecified atom stereocenters. The van der Waals surface area contributed by atoms with E-state index in [1.807, 2.05) is 36.7 Å². The standard InChI is InChI=1S/C44H55N3O9S/c1-5-23-54-44-40(57-24-18-29-16-19-45-20-17-29)28-37(47-53-4)34-25-30(10-6-8-21-48)33(11-7-9-22-49)41(42(34)44)35-26-32(13-15-38(35)56-44)55-43(50)46-36-14-12-31(51-2)27-39(36)52-3/h5,12-17,19-20,25-27,30,33,40-42,48-49H,1,6-11,18,21-24,28H2,2-4H3,(H,46,50)/t30-,33+,40-,41+,42+,44+/m0/s1. The second-order valence-electron chi connectivity index (χ2n) is 14.5. The van der Waals surface area contributed by atoms with Crippen molar-refractivity contribution in [2.75, 3.05) is 52.2 Å². The summed E-state index contributed by atoms with van der Waals surface area (Å²) in [4.78, 5) is 23.1. The molecule has 3 aromatic rings. The Morgan fingerprint density at radius 2 is 1.79 bits per heavy atom. The minimum Gasteiger partial charge on any atom is -0.497 e. The number of benzene rings is 2. The Bertz CT molecular complexity index is 1870. The summed E-state index contributed by atoms with van der Waals surface area (Å²) in [5, 5.41) is 26.9. The Labute approximate surface area is 339 Å². The van der Waals surface area contributed by atoms with E-state index in [9.17, 15) is 15.0 Å². The number of unbranched alkanes of at least 4 members (excludes halogenated alkanes) is 2. The molecule has 0 spiro atoms. The predicted octanol–water partition coefficient (Wildman–Crippen LogP) is 7.95. The molecular weight excluding hydrogens is 747 g/mol. The molecule has 3 aliphatic rings. The van der Waals surface area contributed by atoms with E-state index in [0.29, 0.717) is 47.9 Å². The molecule has 1 amide bonds. The SMILES string of the molecule is C=CCO[C@@]12Oc3ccc(OC(=O)Nc4ccc(OC)cc4OC)cc3[C@H]3[C@H](CCCCO)[C@@H](CCCCO)C=C(C(=NOC)C[C@@H]1SCCc1ccncc1)[C@H]32. The van der Waals surface area contributed by atoms with Gasteiger partial charge in [0.25, 0.3) is 0 Å². The number of carbonyl (C=O) groups excluding carboxylic acids is 1. The lowest BCUT2D eigenvalue weighted by molar-refractivity contribution is -0.223. The highest BCUT2D eigenvalue weighted by atomic mass is 32.2. The molecule has 1 aromatic heterocycles. The average molecular weight is 802 g/mol. The molecule has 6 atom stereocenters. The number of ether oxygens (including phenoxy) is 5. The lowest BCUT2D eigenvalue weighted by Gasteiger charge is -2.58. The number of pyridine rings is 1. The minimum atomic E-state index is -1.09. The number of nitrogens with zero attached hydrogens (tertiary/aromatic N) is 2. The minimum absolute atomic E-state index is 0.107. The second-order valence-corrected chi connectivity index (χ2v) is 15.8. The van der Waals surface area contributed by atoms with Crippen LogP contribution in [0.25, 0.3) is 0 Å². The zero-order valence-electron chi connectivity index (χ0n) is 33.1. The highest BCUT2D eigenvalue weighted by molar-refractivity contribution is 8.00. The third kappa shape index (κ3) is 9.60. The molecule has 2 aliphatic carbocycles. The molecule has 0 radical (unpaired) electrons. The van der Waals surface area contributed by atoms with Crippen LogP contribution in [0.3, 0.4) is 0 Å². The van der Waals surface area contributed by atoms with Gasteiger partial charge in [-0.1, -0.05) is 30.1 Å². The Kier molecular flexibility index (Phi) is 14.9. The molecule has 57 heavy (non-hydrogen) atoms. The first-order valence-corrected chi connectivity index (χ1v) is 20.8. The van der Waals surface area contributed by atoms with Crippen molar-refractivity contribution in [3.8, 4) is 23.0 Å². The van der Waals surface area contributed by atoms with Gasteiger partial charge in [-0.05, 0) is 103 Å². The molecule has 1 aliphatic heterocycles. The quantitative estimate of drug-likeness (QED) is 0.0581. The highest BCUT2D eigenvalue weighted by Crippen LogP contribution is 2.62. The molecule has 12 nitrogen and oxygen atoms in total. The van der Waals surface area contributed by atoms with E-state index in [1.165, 1.54) is 12.7 Å². The molecule has 306 valence electrons. The van der Waals surface area contributed by atoms with E-state index >= 15 is 0 Å². The first kappa shape index (κ1) is 42.1. The number of amides is 1. The van der Waals surface area contributed by atoms with E-state index in [1.54, 1.807) is 56.3 Å². The molecule has 1 saturated carbocycles. The number of aliphatic hydroxyl groups is 2. The number of hydrogen-bond acceptors (Lipinski definition) is 12. The fourth-order valence-electron chi connectivity index (χ4n) is 8.66. The zero-order chi connectivity index (χ0) is 40.2. The largest absolute Gasteiger partial charge is 0.497 e. The lowest BCUT2D eigenvalue weighted by atomic mass is 9.56. The van der Waals surface area contributed by atoms with Gasteiger partial charge in [0.15, 0.2) is 0 Å². The van der Waals surface area contributed by atoms with Crippen molar-refractivity contribution in [3.05, 3.63) is 96.4 Å². The number of aliphatic hydroxyl groups excluding tert-OH is 2. The van der Waals surface area contributed by atoms with Crippen molar-refractivity contribution in [2.24, 2.45) is 22.9 Å². The van der Waals surface area contributed by atoms with Crippen LogP contribution in [-0.2, 0) is 16.0 Å². The highest BCUT2D eigenvalue weighted by Gasteiger charge is 2.64. The fraction of sp³-hybridized carbons (Fsp3) is 0.477. The number of allylic oxidation sites excluding steroid dienone is 1. The van der Waals surface area contributed by atoms with Gasteiger partial charge in [0, 0.05) is 49.6 Å². The number of aromatic nitrogens is 1. The van der Waals surface area contributed by atoms with Crippen LogP contribution >= 0.6 is 11.8 Å². The smallest absolute Gasteiger partial charge is 0.417 e. The number of rotatable bonds is 20. The van der Waals surface area contributed by atoms with E-state index in [2.05, 4.69) is 28.1 Å². The van der Waals surface area contributed by atoms with Crippen molar-refractivity contribution >= 4 is 29.3 Å². The number of oxime groups is 1. The van der Waals surface area contributed by atoms with Crippen LogP contribution in [0.5, 0.6) is 23.0 Å². The van der Waals surface area contributed by atoms with Gasteiger partial charge in [0.05, 0.1) is 43.4 Å². The molecule has 0 bridgehead atoms. The first-order valence-electron chi connectivity index (χ1n) is 19.7. The number of hydrogen-bond donors (Lipinski definition) is 3. The monoisotopic (exact) mass is 801 g/mol. The molecular formula is C44H55N3O9S. The number of thioether (sulfide) groups is 1. The maximum Gasteiger partial charge on any atom is 0.417 e. The van der Waals surface area contributed by atoms with Crippen molar-refractivity contribution < 1.29 is 43.5 Å². The number of carbonyl (C=O) groups is 1. The normalized spacial score (nSPS) is 24.0. The van der Waals surface area contributed by atoms with Crippen LogP contribution in [0.2, 0.25) is 0 Å². The van der Waals surface area contributed by atoms with Crippen molar-refractivity contribution in [1.29, 1.82) is 0 Å². The summed E-state index contributed by atoms with van der Waals surface area (Å²) < 4.78 is 30.9. The van der Waals surface area contributed by atoms with E-state index in [-0.39, 0.29) is 48.7 Å². The predicted molar refractivity (Wildman–Crippen MR) is 222 cm³/mol. The summed E-state index contributed by atoms with van der Waals surface area (Å²) >= 11 is 1.80. The number of methoxy groups -OCH3 is 2. The van der Waals surface area contributed by atoms with Crippen molar-refractivity contribution in [1.82, 2.24) is 4.98 Å². The van der Waals surface area contributed by atoms with Crippen LogP contribution in [0.4, 0.5) is 10.5 Å². The summed E-state index contributed by atoms with van der Waals surface area (Å²) in [7, 11) is 4.66. The fourth-order valence-corrected chi connectivity index (χ4v) is 10.1. The van der Waals surface area contributed by atoms with Crippen LogP contribution in [0.1, 0.15) is 62.0 Å². The Balaban J connectivity index is 1.44. The Hall–Kier alpha value is -4.56. The number of anilines is 1. The number of aryl methyl sites for hydroxylation is 1. The third-order valence-electron chi connectivity index (χ3n) is 11.1. The van der Waals surface area contributed by atoms with Gasteiger partial charge in [-0.2, -0.15) is 11.8 Å². The van der Waals surface area contributed by atoms with E-state index < -0.39 is 11.9 Å². The van der Waals surface area contributed by atoms with Crippen molar-refractivity contribution in [3.63, 3.8) is 0 Å². The maximum absolute atomic E-state index is 13.4. The summed E-state index contributed by atoms with van der Waals surface area (Å²) in [6.45, 7) is 4.52. The van der Waals surface area contributed by atoms with Crippen LogP contribution in [0, 0.1) is 17.8 Å². The summed E-state index contributed by atoms with van der Waals surface area (Å²) in [6, 6.07) is 14.7. The first-order chi connectivity index (χ1) is 27.9. The van der Waals surface area contributed by atoms with Crippen LogP contribution < -0.4 is 24.3 Å². The number of nitrogens with one attached hydrogen (secondary N) is 1. The van der Waals surface area contributed by atoms with Gasteiger partial charge in [-0.25, -0.2) is 4.79 Å². The van der Waals surface area contributed by atoms with Gasteiger partial charge < -0.3 is 38.7 Å². The van der Waals surface area contributed by atoms with Crippen LogP contribution in [-0.4, -0.2) is 84.9 Å². The van der Waals surface area contributed by atoms with E-state index in [4.69, 9.17) is 28.5 Å². The molecule has 0 saturated heterocycles. The van der Waals surface area contributed by atoms with Gasteiger partial charge in [0.1, 0.15) is 30.1 Å². The summed E-state index contributed by atoms with van der Waals surface area (Å²) in [5.41, 5.74) is 4.44. The zero-order valence-corrected chi connectivity index (χ0v) is 33.9. The lowest BCUT2D eigenvalue weighted by Crippen LogP contribution is -2.64. The van der Waals surface area contributed by atoms with Gasteiger partial charge in [0.2, 0.25) is 5.79 Å². The van der Waals surface area contributed by atoms with Gasteiger partial charge >= 0.3 is 6.09 Å². The molecule has 13 heteroatoms. The maximum atomic E-state index is 13.4. The van der Waals surface area contributed by atoms with Crippen molar-refractivity contribution in [2.45, 2.75) is 68.3 Å². The Morgan fingerprint density at radius 1 is 1.02 bits per heavy atom. The topological polar surface area (TPSA) is 150 Å². The van der Waals surface area contributed by atoms with Crippen LogP contribution in [0.15, 0.2) is 90.4 Å². The molecule has 2 aromatic carbocycles. The molecule has 6 rings (SSSR count). The van der Waals surface area contributed by atoms with Gasteiger partial charge in [-0.3, -0.25) is 10.3 Å². The van der Waals surface area contributed by atoms with E-state index in [0.717, 1.165) is 54.7 Å². The number of fused-ring (bicyclic) bond motifs is 2. The summed E-state index contributed by atoms with van der Waals surface area (Å²) in [5.74, 6) is 1.55. The Morgan fingerprint density at radius 3 is 2.51 bits per heavy atom. The average Bonchev–Trinajstić information content (AvgIpc) is 3.23. The molecule has 3 N–H and O–H groups in total. The second kappa shape index (κ2) is 20.2. The third-order valence-corrected chi connectivity index (χ3v) is 12.5. The van der Waals surface area contributed by atoms with Gasteiger partial charge in [-0.15, -0.1) is 6.58 Å². The summed E-state index contributed by atoms with van der Waals surface area (Å²) in [6.07, 6.45) is 13.2. The molecule has 1 fully saturated rings. The molecule has 2 heterocycles.